The number of methoxy groups -OCH3 is 1. The van der Waals surface area contributed by atoms with Crippen molar-refractivity contribution in [2.24, 2.45) is 0 Å². The van der Waals surface area contributed by atoms with Gasteiger partial charge in [-0.2, -0.15) is 47.9 Å². The summed E-state index contributed by atoms with van der Waals surface area (Å²) in [6.07, 6.45) is -11.2. The van der Waals surface area contributed by atoms with Crippen LogP contribution in [0.15, 0.2) is 86.4 Å². The molecular weight excluding hydrogens is 905 g/mol. The minimum absolute atomic E-state index is 0.00789. The van der Waals surface area contributed by atoms with Crippen LogP contribution < -0.4 is 0 Å². The Labute approximate surface area is 354 Å². The molecule has 0 atom stereocenters. The van der Waals surface area contributed by atoms with E-state index in [4.69, 9.17) is 28.1 Å². The van der Waals surface area contributed by atoms with Crippen LogP contribution in [0, 0.1) is 0 Å². The zero-order chi connectivity index (χ0) is 47.5. The van der Waals surface area contributed by atoms with Crippen molar-refractivity contribution in [3.05, 3.63) is 123 Å². The molecule has 3 heterocycles. The van der Waals surface area contributed by atoms with Gasteiger partial charge in [0.05, 0.1) is 52.9 Å². The number of carbonyl (C=O) groups is 3. The molecule has 0 radical (unpaired) electrons. The Hall–Kier alpha value is -6.54. The first-order valence-corrected chi connectivity index (χ1v) is 19.2. The lowest BCUT2D eigenvalue weighted by atomic mass is 10.1. The van der Waals surface area contributed by atoms with Crippen LogP contribution in [0.2, 0.25) is 0 Å². The fraction of sp³-hybridized carbons (Fsp3) is 0.231. The summed E-state index contributed by atoms with van der Waals surface area (Å²) in [5.74, 6) is 0.0633. The minimum atomic E-state index is -4.48. The van der Waals surface area contributed by atoms with E-state index >= 15 is 0 Å². The molecule has 6 rings (SSSR count). The van der Waals surface area contributed by atoms with E-state index < -0.39 is 58.6 Å². The summed E-state index contributed by atoms with van der Waals surface area (Å²) in [5, 5.41) is 19.6. The van der Waals surface area contributed by atoms with Crippen LogP contribution >= 0.6 is 0 Å². The second kappa shape index (κ2) is 21.2. The van der Waals surface area contributed by atoms with Gasteiger partial charge in [-0.3, -0.25) is 18.6 Å². The van der Waals surface area contributed by atoms with Gasteiger partial charge < -0.3 is 28.1 Å². The zero-order valence-electron chi connectivity index (χ0n) is 32.6. The largest absolute Gasteiger partial charge is 0.416 e. The summed E-state index contributed by atoms with van der Waals surface area (Å²) in [5.41, 5.74) is -1.34. The van der Waals surface area contributed by atoms with Crippen molar-refractivity contribution >= 4 is 29.0 Å². The fourth-order valence-electron chi connectivity index (χ4n) is 5.12. The standard InChI is InChI=1S/C14H12F3NO4.C13H10F3NO5S.C12H8F3NO3/c1-20-8-21-7-12-11(6-19)13(22-18-12)9-2-4-10(5-3-9)14(15,16)17;1-23(19,20)21-7-11-10(6-18)12(22-17-11)8-2-4-9(5-3-8)13(14,15)16;13-12(14,15)8-3-1-7(2-4-8)11-9(5-17)10(6-18)16-19-11/h2-6H,7-8H2,1H3;2-6H,7H2,1H3;1-5,18H,6H2. The number of aromatic nitrogens is 3. The van der Waals surface area contributed by atoms with E-state index in [0.29, 0.717) is 24.4 Å². The topological polar surface area (TPSA) is 211 Å². The van der Waals surface area contributed by atoms with Crippen molar-refractivity contribution < 1.29 is 94.6 Å². The lowest BCUT2D eigenvalue weighted by Gasteiger charge is -2.06. The lowest BCUT2D eigenvalue weighted by Crippen LogP contribution is -2.04. The van der Waals surface area contributed by atoms with E-state index in [-0.39, 0.29) is 75.6 Å². The van der Waals surface area contributed by atoms with Crippen LogP contribution in [0.3, 0.4) is 0 Å². The summed E-state index contributed by atoms with van der Waals surface area (Å²) >= 11 is 0. The maximum Gasteiger partial charge on any atom is 0.416 e. The van der Waals surface area contributed by atoms with Gasteiger partial charge in [-0.05, 0) is 36.4 Å². The molecule has 6 aromatic rings. The number of alkyl halides is 9. The van der Waals surface area contributed by atoms with Gasteiger partial charge >= 0.3 is 18.5 Å². The first-order valence-electron chi connectivity index (χ1n) is 17.4. The Balaban J connectivity index is 0.000000211. The normalized spacial score (nSPS) is 11.9. The summed E-state index contributed by atoms with van der Waals surface area (Å²) in [7, 11) is -2.31. The van der Waals surface area contributed by atoms with Crippen molar-refractivity contribution in [2.45, 2.75) is 38.3 Å². The van der Waals surface area contributed by atoms with E-state index in [9.17, 15) is 62.3 Å². The molecule has 0 saturated carbocycles. The van der Waals surface area contributed by atoms with Crippen LogP contribution in [0.25, 0.3) is 34.0 Å². The number of aliphatic hydroxyl groups excluding tert-OH is 1. The number of halogens is 9. The van der Waals surface area contributed by atoms with Crippen LogP contribution in [0.5, 0.6) is 0 Å². The average Bonchev–Trinajstić information content (AvgIpc) is 3.99. The zero-order valence-corrected chi connectivity index (χ0v) is 33.4. The van der Waals surface area contributed by atoms with E-state index in [1.165, 1.54) is 31.4 Å². The molecule has 0 amide bonds. The maximum absolute atomic E-state index is 12.5. The van der Waals surface area contributed by atoms with Crippen molar-refractivity contribution in [2.75, 3.05) is 20.2 Å². The number of nitrogens with zero attached hydrogens (tertiary/aromatic N) is 3. The molecule has 0 aliphatic rings. The third kappa shape index (κ3) is 13.2. The Morgan fingerprint density at radius 1 is 0.562 bits per heavy atom. The molecule has 15 nitrogen and oxygen atoms in total. The quantitative estimate of drug-likeness (QED) is 0.0356. The van der Waals surface area contributed by atoms with Gasteiger partial charge in [-0.1, -0.05) is 51.9 Å². The van der Waals surface area contributed by atoms with Gasteiger partial charge in [-0.15, -0.1) is 0 Å². The number of aliphatic hydroxyl groups is 1. The number of carbonyl (C=O) groups excluding carboxylic acids is 3. The number of hydrogen-bond donors (Lipinski definition) is 1. The molecule has 0 aliphatic carbocycles. The number of rotatable bonds is 14. The van der Waals surface area contributed by atoms with Crippen molar-refractivity contribution in [3.63, 3.8) is 0 Å². The summed E-state index contributed by atoms with van der Waals surface area (Å²) < 4.78 is 163. The molecule has 1 N–H and O–H groups in total. The lowest BCUT2D eigenvalue weighted by molar-refractivity contribution is -0.138. The Morgan fingerprint density at radius 3 is 1.16 bits per heavy atom. The highest BCUT2D eigenvalue weighted by molar-refractivity contribution is 7.85. The van der Waals surface area contributed by atoms with E-state index in [1.807, 2.05) is 0 Å². The molecule has 0 fully saturated rings. The first-order chi connectivity index (χ1) is 30.1. The SMILES string of the molecule is COCOCc1noc(-c2ccc(C(F)(F)F)cc2)c1C=O.CS(=O)(=O)OCc1noc(-c2ccc(C(F)(F)F)cc2)c1C=O.O=Cc1c(CO)noc1-c1ccc(C(F)(F)F)cc1. The van der Waals surface area contributed by atoms with Gasteiger partial charge in [0.2, 0.25) is 0 Å². The molecule has 25 heteroatoms. The van der Waals surface area contributed by atoms with E-state index in [2.05, 4.69) is 19.7 Å². The van der Waals surface area contributed by atoms with Crippen molar-refractivity contribution in [1.82, 2.24) is 15.5 Å². The first kappa shape index (κ1) is 50.1. The monoisotopic (exact) mass is 935 g/mol. The molecule has 3 aromatic heterocycles. The van der Waals surface area contributed by atoms with E-state index in [1.54, 1.807) is 0 Å². The Morgan fingerprint density at radius 2 is 0.875 bits per heavy atom. The number of aldehydes is 3. The highest BCUT2D eigenvalue weighted by Gasteiger charge is 2.32. The third-order valence-electron chi connectivity index (χ3n) is 8.18. The molecule has 0 unspecified atom stereocenters. The summed E-state index contributed by atoms with van der Waals surface area (Å²) in [4.78, 5) is 33.2. The molecule has 0 spiro atoms. The van der Waals surface area contributed by atoms with Gasteiger partial charge in [0, 0.05) is 23.8 Å². The predicted octanol–water partition coefficient (Wildman–Crippen LogP) is 8.61. The second-order valence-corrected chi connectivity index (χ2v) is 14.2. The van der Waals surface area contributed by atoms with Crippen LogP contribution in [0.4, 0.5) is 39.5 Å². The number of ether oxygens (including phenoxy) is 2. The van der Waals surface area contributed by atoms with E-state index in [0.717, 1.165) is 54.8 Å². The molecule has 342 valence electrons. The summed E-state index contributed by atoms with van der Waals surface area (Å²) in [6, 6.07) is 12.3. The molecule has 0 saturated heterocycles. The highest BCUT2D eigenvalue weighted by atomic mass is 32.2. The predicted molar refractivity (Wildman–Crippen MR) is 199 cm³/mol. The number of hydrogen-bond acceptors (Lipinski definition) is 15. The second-order valence-electron chi connectivity index (χ2n) is 12.6. The molecule has 0 bridgehead atoms. The Bertz CT molecular complexity index is 2600. The molecule has 64 heavy (non-hydrogen) atoms. The van der Waals surface area contributed by atoms with Crippen LogP contribution in [-0.4, -0.2) is 68.0 Å². The highest BCUT2D eigenvalue weighted by Crippen LogP contribution is 2.35. The third-order valence-corrected chi connectivity index (χ3v) is 8.73. The van der Waals surface area contributed by atoms with Gasteiger partial charge in [0.25, 0.3) is 10.1 Å². The van der Waals surface area contributed by atoms with Gasteiger partial charge in [0.1, 0.15) is 30.5 Å². The Kier molecular flexibility index (Phi) is 16.6. The maximum atomic E-state index is 12.5. The minimum Gasteiger partial charge on any atom is -0.390 e. The van der Waals surface area contributed by atoms with Crippen LogP contribution in [0.1, 0.15) is 64.8 Å². The smallest absolute Gasteiger partial charge is 0.390 e. The van der Waals surface area contributed by atoms with Gasteiger partial charge in [-0.25, -0.2) is 0 Å². The summed E-state index contributed by atoms with van der Waals surface area (Å²) in [6.45, 7) is -0.998. The molecular formula is C39H30F9N3O12S. The average molecular weight is 936 g/mol. The van der Waals surface area contributed by atoms with Crippen molar-refractivity contribution in [3.8, 4) is 34.0 Å². The van der Waals surface area contributed by atoms with Crippen molar-refractivity contribution in [1.29, 1.82) is 0 Å². The molecule has 3 aromatic carbocycles. The number of benzene rings is 3. The fourth-order valence-corrected chi connectivity index (χ4v) is 5.44. The molecule has 0 aliphatic heterocycles. The van der Waals surface area contributed by atoms with Crippen LogP contribution in [-0.2, 0) is 62.1 Å². The van der Waals surface area contributed by atoms with Gasteiger partial charge in [0.15, 0.2) is 36.1 Å².